The zero-order chi connectivity index (χ0) is 17.9. The second kappa shape index (κ2) is 19.7. The van der Waals surface area contributed by atoms with Crippen LogP contribution >= 0.6 is 41.6 Å². The third kappa shape index (κ3) is 18.7. The second-order valence-corrected chi connectivity index (χ2v) is 11.0. The summed E-state index contributed by atoms with van der Waals surface area (Å²) in [6.45, 7) is 4.37. The minimum Gasteiger partial charge on any atom is -0.290 e. The maximum atomic E-state index is 11.6. The molecule has 0 aliphatic carbocycles. The van der Waals surface area contributed by atoms with Crippen LogP contribution in [0, 0.1) is 0 Å². The lowest BCUT2D eigenvalue weighted by Crippen LogP contribution is -2.14. The zero-order valence-electron chi connectivity index (χ0n) is 14.9. The smallest absolute Gasteiger partial charge is 0.230 e. The molecule has 0 spiro atoms. The maximum Gasteiger partial charge on any atom is 0.230 e. The van der Waals surface area contributed by atoms with Crippen LogP contribution in [0.15, 0.2) is 0 Å². The van der Waals surface area contributed by atoms with Crippen LogP contribution in [0.4, 0.5) is 0 Å². The fourth-order valence-electron chi connectivity index (χ4n) is 2.04. The molecule has 0 atom stereocenters. The number of hydrogen-bond acceptors (Lipinski definition) is 6. The summed E-state index contributed by atoms with van der Waals surface area (Å²) in [7, 11) is 5.54. The van der Waals surface area contributed by atoms with Crippen molar-refractivity contribution in [2.75, 3.05) is 0 Å². The highest BCUT2D eigenvalue weighted by Crippen LogP contribution is 2.39. The van der Waals surface area contributed by atoms with Gasteiger partial charge in [-0.1, -0.05) is 65.2 Å². The Balaban J connectivity index is 3.28. The second-order valence-electron chi connectivity index (χ2n) is 5.68. The minimum atomic E-state index is 0.0886. The molecule has 0 rings (SSSR count). The fraction of sp³-hybridized carbons (Fsp3) is 0.875. The van der Waals surface area contributed by atoms with E-state index in [1.54, 1.807) is 0 Å². The highest BCUT2D eigenvalue weighted by atomic mass is 33.7. The summed E-state index contributed by atoms with van der Waals surface area (Å²) in [5, 5.41) is 0. The predicted octanol–water partition coefficient (Wildman–Crippen LogP) is 6.45. The summed E-state index contributed by atoms with van der Waals surface area (Å²) in [6, 6.07) is 0. The van der Waals surface area contributed by atoms with Gasteiger partial charge in [0.1, 0.15) is 0 Å². The number of carbonyl (C=O) groups is 2. The first kappa shape index (κ1) is 24.3. The first-order valence-corrected chi connectivity index (χ1v) is 13.8. The Hall–Kier alpha value is 0.340. The molecule has 0 aromatic carbocycles. The Morgan fingerprint density at radius 3 is 1.38 bits per heavy atom. The number of unbranched alkanes of at least 4 members (excludes halogenated alkanes) is 8. The quantitative estimate of drug-likeness (QED) is 0.163. The van der Waals surface area contributed by atoms with Gasteiger partial charge in [-0.3, -0.25) is 19.0 Å². The van der Waals surface area contributed by atoms with Crippen LogP contribution in [0.3, 0.4) is 0 Å². The molecule has 0 saturated heterocycles. The van der Waals surface area contributed by atoms with E-state index in [4.69, 9.17) is 0 Å². The van der Waals surface area contributed by atoms with E-state index in [0.29, 0.717) is 12.8 Å². The molecule has 0 aromatic rings. The third-order valence-corrected chi connectivity index (χ3v) is 8.53. The van der Waals surface area contributed by atoms with Crippen molar-refractivity contribution in [3.05, 3.63) is 0 Å². The average Bonchev–Trinajstić information content (AvgIpc) is 2.57. The normalized spacial score (nSPS) is 10.6. The standard InChI is InChI=1S/C16H32N2O2S4/c1-3-5-7-9-11-13-15(19)17-21-23-24-22-18-16(20)14-12-10-8-6-4-2/h3-14H2,1-2H3,(H,17,19)(H,18,20). The molecule has 0 radical (unpaired) electrons. The van der Waals surface area contributed by atoms with Crippen LogP contribution in [0.5, 0.6) is 0 Å². The molecular formula is C16H32N2O2S4. The monoisotopic (exact) mass is 412 g/mol. The molecular weight excluding hydrogens is 380 g/mol. The van der Waals surface area contributed by atoms with Crippen LogP contribution < -0.4 is 9.44 Å². The lowest BCUT2D eigenvalue weighted by atomic mass is 10.1. The Labute approximate surface area is 163 Å². The SMILES string of the molecule is CCCCCCCC(=O)NSSSSNC(=O)CCCCCCC. The van der Waals surface area contributed by atoms with Gasteiger partial charge in [0.2, 0.25) is 11.8 Å². The van der Waals surface area contributed by atoms with Crippen molar-refractivity contribution in [3.63, 3.8) is 0 Å². The summed E-state index contributed by atoms with van der Waals surface area (Å²) in [5.74, 6) is 0.177. The van der Waals surface area contributed by atoms with Gasteiger partial charge in [-0.15, -0.1) is 0 Å². The lowest BCUT2D eigenvalue weighted by molar-refractivity contribution is -0.120. The molecule has 0 aromatic heterocycles. The molecule has 2 amide bonds. The van der Waals surface area contributed by atoms with Gasteiger partial charge in [0.05, 0.1) is 0 Å². The number of carbonyl (C=O) groups excluding carboxylic acids is 2. The minimum absolute atomic E-state index is 0.0886. The number of hydrogen-bond donors (Lipinski definition) is 2. The topological polar surface area (TPSA) is 58.2 Å². The van der Waals surface area contributed by atoms with E-state index >= 15 is 0 Å². The molecule has 142 valence electrons. The zero-order valence-corrected chi connectivity index (χ0v) is 18.2. The van der Waals surface area contributed by atoms with Crippen LogP contribution in [0.25, 0.3) is 0 Å². The number of rotatable bonds is 17. The lowest BCUT2D eigenvalue weighted by Gasteiger charge is -2.04. The van der Waals surface area contributed by atoms with Crippen molar-refractivity contribution in [1.29, 1.82) is 0 Å². The molecule has 0 aliphatic heterocycles. The van der Waals surface area contributed by atoms with Crippen LogP contribution in [0.2, 0.25) is 0 Å². The van der Waals surface area contributed by atoms with Crippen LogP contribution in [-0.2, 0) is 9.59 Å². The third-order valence-electron chi connectivity index (χ3n) is 3.42. The van der Waals surface area contributed by atoms with Crippen LogP contribution in [-0.4, -0.2) is 11.8 Å². The Morgan fingerprint density at radius 1 is 0.625 bits per heavy atom. The van der Waals surface area contributed by atoms with E-state index in [1.807, 2.05) is 0 Å². The molecule has 0 saturated carbocycles. The molecule has 8 heteroatoms. The molecule has 0 aliphatic rings. The van der Waals surface area contributed by atoms with E-state index in [-0.39, 0.29) is 11.8 Å². The molecule has 0 fully saturated rings. The van der Waals surface area contributed by atoms with Gasteiger partial charge in [0.15, 0.2) is 0 Å². The first-order valence-electron chi connectivity index (χ1n) is 8.94. The summed E-state index contributed by atoms with van der Waals surface area (Å²) in [6.07, 6.45) is 12.8. The summed E-state index contributed by atoms with van der Waals surface area (Å²) in [5.41, 5.74) is 0. The average molecular weight is 413 g/mol. The van der Waals surface area contributed by atoms with Gasteiger partial charge in [0.25, 0.3) is 0 Å². The summed E-state index contributed by atoms with van der Waals surface area (Å²) in [4.78, 5) is 23.2. The van der Waals surface area contributed by atoms with Crippen molar-refractivity contribution >= 4 is 53.4 Å². The summed E-state index contributed by atoms with van der Waals surface area (Å²) < 4.78 is 5.62. The largest absolute Gasteiger partial charge is 0.290 e. The first-order chi connectivity index (χ1) is 11.7. The van der Waals surface area contributed by atoms with Crippen LogP contribution in [0.1, 0.15) is 90.9 Å². The van der Waals surface area contributed by atoms with Gasteiger partial charge in [-0.2, -0.15) is 0 Å². The van der Waals surface area contributed by atoms with Crippen molar-refractivity contribution < 1.29 is 9.59 Å². The Kier molecular flexibility index (Phi) is 19.9. The van der Waals surface area contributed by atoms with E-state index < -0.39 is 0 Å². The van der Waals surface area contributed by atoms with Crippen molar-refractivity contribution in [2.45, 2.75) is 90.9 Å². The molecule has 0 heterocycles. The van der Waals surface area contributed by atoms with Crippen molar-refractivity contribution in [1.82, 2.24) is 9.44 Å². The molecule has 24 heavy (non-hydrogen) atoms. The molecule has 2 N–H and O–H groups in total. The van der Waals surface area contributed by atoms with Crippen molar-refractivity contribution in [2.24, 2.45) is 0 Å². The molecule has 4 nitrogen and oxygen atoms in total. The predicted molar refractivity (Wildman–Crippen MR) is 113 cm³/mol. The maximum absolute atomic E-state index is 11.6. The highest BCUT2D eigenvalue weighted by molar-refractivity contribution is 9.25. The Bertz CT molecular complexity index is 290. The number of nitrogens with one attached hydrogen (secondary N) is 2. The van der Waals surface area contributed by atoms with Gasteiger partial charge in [0, 0.05) is 54.5 Å². The number of amides is 2. The summed E-state index contributed by atoms with van der Waals surface area (Å²) >= 11 is 0. The highest BCUT2D eigenvalue weighted by Gasteiger charge is 2.04. The van der Waals surface area contributed by atoms with Gasteiger partial charge < -0.3 is 0 Å². The Morgan fingerprint density at radius 2 is 1.00 bits per heavy atom. The van der Waals surface area contributed by atoms with E-state index in [1.165, 1.54) is 80.1 Å². The fourth-order valence-corrected chi connectivity index (χ4v) is 6.09. The van der Waals surface area contributed by atoms with Gasteiger partial charge in [-0.05, 0) is 12.8 Å². The van der Waals surface area contributed by atoms with Gasteiger partial charge in [-0.25, -0.2) is 0 Å². The molecule has 0 bridgehead atoms. The van der Waals surface area contributed by atoms with E-state index in [0.717, 1.165) is 25.7 Å². The van der Waals surface area contributed by atoms with Crippen molar-refractivity contribution in [3.8, 4) is 0 Å². The van der Waals surface area contributed by atoms with E-state index in [9.17, 15) is 9.59 Å². The van der Waals surface area contributed by atoms with Gasteiger partial charge >= 0.3 is 0 Å². The molecule has 0 unspecified atom stereocenters. The van der Waals surface area contributed by atoms with E-state index in [2.05, 4.69) is 23.3 Å².